The fourth-order valence-corrected chi connectivity index (χ4v) is 4.13. The minimum Gasteiger partial charge on any atom is -0.358 e. The number of fused-ring (bicyclic) bond motifs is 3. The summed E-state index contributed by atoms with van der Waals surface area (Å²) in [6.07, 6.45) is 5.30. The molecule has 2 atom stereocenters. The number of anilines is 2. The Morgan fingerprint density at radius 1 is 1.17 bits per heavy atom. The average molecular weight is 313 g/mol. The molecular weight excluding hydrogens is 290 g/mol. The first-order chi connectivity index (χ1) is 11.1. The summed E-state index contributed by atoms with van der Waals surface area (Å²) < 4.78 is 0. The third kappa shape index (κ3) is 2.38. The SMILES string of the molecule is C[C@H]1CCCCN1C(=O)c1ccc2c(c1)NC(=O)[C@@H]1CCCN21. The molecule has 2 saturated heterocycles. The van der Waals surface area contributed by atoms with Gasteiger partial charge >= 0.3 is 0 Å². The van der Waals surface area contributed by atoms with Gasteiger partial charge < -0.3 is 15.1 Å². The minimum atomic E-state index is -0.0360. The molecule has 3 heterocycles. The van der Waals surface area contributed by atoms with E-state index in [1.165, 1.54) is 6.42 Å². The summed E-state index contributed by atoms with van der Waals surface area (Å²) in [6.45, 7) is 3.87. The van der Waals surface area contributed by atoms with E-state index < -0.39 is 0 Å². The predicted molar refractivity (Wildman–Crippen MR) is 89.8 cm³/mol. The monoisotopic (exact) mass is 313 g/mol. The molecule has 4 rings (SSSR count). The summed E-state index contributed by atoms with van der Waals surface area (Å²) in [7, 11) is 0. The van der Waals surface area contributed by atoms with Gasteiger partial charge in [-0.15, -0.1) is 0 Å². The fourth-order valence-electron chi connectivity index (χ4n) is 4.13. The second-order valence-corrected chi connectivity index (χ2v) is 6.92. The second kappa shape index (κ2) is 5.55. The van der Waals surface area contributed by atoms with Crippen molar-refractivity contribution in [3.05, 3.63) is 23.8 Å². The molecule has 3 aliphatic heterocycles. The lowest BCUT2D eigenvalue weighted by Gasteiger charge is -2.35. The number of nitrogens with one attached hydrogen (secondary N) is 1. The largest absolute Gasteiger partial charge is 0.358 e. The number of hydrogen-bond donors (Lipinski definition) is 1. The van der Waals surface area contributed by atoms with Crippen molar-refractivity contribution < 1.29 is 9.59 Å². The zero-order valence-electron chi connectivity index (χ0n) is 13.5. The number of hydrogen-bond acceptors (Lipinski definition) is 3. The Balaban J connectivity index is 1.63. The predicted octanol–water partition coefficient (Wildman–Crippen LogP) is 2.62. The van der Waals surface area contributed by atoms with Crippen LogP contribution in [0, 0.1) is 0 Å². The van der Waals surface area contributed by atoms with Gasteiger partial charge in [-0.05, 0) is 57.2 Å². The van der Waals surface area contributed by atoms with E-state index in [2.05, 4.69) is 17.1 Å². The number of carbonyl (C=O) groups excluding carboxylic acids is 2. The first kappa shape index (κ1) is 14.5. The molecule has 2 amide bonds. The highest BCUT2D eigenvalue weighted by Gasteiger charge is 2.36. The highest BCUT2D eigenvalue weighted by atomic mass is 16.2. The Morgan fingerprint density at radius 3 is 2.87 bits per heavy atom. The third-order valence-electron chi connectivity index (χ3n) is 5.43. The van der Waals surface area contributed by atoms with Crippen LogP contribution in [0.5, 0.6) is 0 Å². The normalized spacial score (nSPS) is 26.6. The summed E-state index contributed by atoms with van der Waals surface area (Å²) in [5.41, 5.74) is 2.51. The van der Waals surface area contributed by atoms with E-state index >= 15 is 0 Å². The summed E-state index contributed by atoms with van der Waals surface area (Å²) in [4.78, 5) is 29.2. The van der Waals surface area contributed by atoms with Crippen LogP contribution < -0.4 is 10.2 Å². The van der Waals surface area contributed by atoms with Crippen molar-refractivity contribution in [3.63, 3.8) is 0 Å². The zero-order chi connectivity index (χ0) is 16.0. The van der Waals surface area contributed by atoms with E-state index in [9.17, 15) is 9.59 Å². The van der Waals surface area contributed by atoms with Gasteiger partial charge in [0.25, 0.3) is 5.91 Å². The highest BCUT2D eigenvalue weighted by molar-refractivity contribution is 6.06. The molecule has 122 valence electrons. The molecule has 5 heteroatoms. The number of likely N-dealkylation sites (tertiary alicyclic amines) is 1. The molecule has 0 saturated carbocycles. The maximum atomic E-state index is 12.8. The summed E-state index contributed by atoms with van der Waals surface area (Å²) >= 11 is 0. The lowest BCUT2D eigenvalue weighted by molar-refractivity contribution is -0.117. The summed E-state index contributed by atoms with van der Waals surface area (Å²) in [6, 6.07) is 6.02. The first-order valence-corrected chi connectivity index (χ1v) is 8.67. The first-order valence-electron chi connectivity index (χ1n) is 8.67. The molecule has 0 radical (unpaired) electrons. The topological polar surface area (TPSA) is 52.7 Å². The molecule has 0 aromatic heterocycles. The molecule has 0 bridgehead atoms. The van der Waals surface area contributed by atoms with Crippen LogP contribution in [0.3, 0.4) is 0 Å². The molecule has 2 fully saturated rings. The van der Waals surface area contributed by atoms with Crippen molar-refractivity contribution in [2.75, 3.05) is 23.3 Å². The van der Waals surface area contributed by atoms with Crippen LogP contribution in [0.4, 0.5) is 11.4 Å². The number of benzene rings is 1. The van der Waals surface area contributed by atoms with E-state index in [-0.39, 0.29) is 17.9 Å². The van der Waals surface area contributed by atoms with Crippen molar-refractivity contribution in [2.24, 2.45) is 0 Å². The molecule has 1 N–H and O–H groups in total. The van der Waals surface area contributed by atoms with Gasteiger partial charge in [-0.1, -0.05) is 0 Å². The van der Waals surface area contributed by atoms with Gasteiger partial charge in [-0.3, -0.25) is 9.59 Å². The van der Waals surface area contributed by atoms with Crippen LogP contribution in [0.2, 0.25) is 0 Å². The quantitative estimate of drug-likeness (QED) is 0.867. The Hall–Kier alpha value is -2.04. The molecule has 0 spiro atoms. The van der Waals surface area contributed by atoms with Crippen LogP contribution in [0.1, 0.15) is 49.4 Å². The van der Waals surface area contributed by atoms with Crippen molar-refractivity contribution >= 4 is 23.2 Å². The molecule has 1 aromatic carbocycles. The third-order valence-corrected chi connectivity index (χ3v) is 5.43. The molecule has 23 heavy (non-hydrogen) atoms. The highest BCUT2D eigenvalue weighted by Crippen LogP contribution is 2.37. The van der Waals surface area contributed by atoms with Gasteiger partial charge in [-0.25, -0.2) is 0 Å². The van der Waals surface area contributed by atoms with E-state index in [0.717, 1.165) is 50.1 Å². The van der Waals surface area contributed by atoms with Crippen molar-refractivity contribution in [3.8, 4) is 0 Å². The van der Waals surface area contributed by atoms with Crippen molar-refractivity contribution in [1.82, 2.24) is 4.90 Å². The minimum absolute atomic E-state index is 0.0360. The lowest BCUT2D eigenvalue weighted by Crippen LogP contribution is -2.44. The maximum absolute atomic E-state index is 12.8. The van der Waals surface area contributed by atoms with Gasteiger partial charge in [0.2, 0.25) is 5.91 Å². The van der Waals surface area contributed by atoms with Gasteiger partial charge in [0, 0.05) is 24.7 Å². The number of rotatable bonds is 1. The Labute approximate surface area is 136 Å². The van der Waals surface area contributed by atoms with E-state index in [0.29, 0.717) is 11.6 Å². The molecule has 5 nitrogen and oxygen atoms in total. The molecule has 1 aromatic rings. The number of amides is 2. The van der Waals surface area contributed by atoms with Gasteiger partial charge in [0.05, 0.1) is 11.4 Å². The fraction of sp³-hybridized carbons (Fsp3) is 0.556. The van der Waals surface area contributed by atoms with Gasteiger partial charge in [0.1, 0.15) is 6.04 Å². The van der Waals surface area contributed by atoms with E-state index in [4.69, 9.17) is 0 Å². The van der Waals surface area contributed by atoms with Crippen molar-refractivity contribution in [2.45, 2.75) is 51.1 Å². The Morgan fingerprint density at radius 2 is 2.04 bits per heavy atom. The molecular formula is C18H23N3O2. The lowest BCUT2D eigenvalue weighted by atomic mass is 10.0. The zero-order valence-corrected chi connectivity index (χ0v) is 13.5. The van der Waals surface area contributed by atoms with Crippen LogP contribution >= 0.6 is 0 Å². The van der Waals surface area contributed by atoms with E-state index in [1.807, 2.05) is 23.1 Å². The number of carbonyl (C=O) groups is 2. The van der Waals surface area contributed by atoms with Gasteiger partial charge in [0.15, 0.2) is 0 Å². The maximum Gasteiger partial charge on any atom is 0.254 e. The summed E-state index contributed by atoms with van der Waals surface area (Å²) in [5.74, 6) is 0.142. The average Bonchev–Trinajstić information content (AvgIpc) is 3.05. The Bertz CT molecular complexity index is 658. The van der Waals surface area contributed by atoms with E-state index in [1.54, 1.807) is 0 Å². The van der Waals surface area contributed by atoms with Gasteiger partial charge in [-0.2, -0.15) is 0 Å². The van der Waals surface area contributed by atoms with Crippen LogP contribution in [0.25, 0.3) is 0 Å². The number of piperidine rings is 1. The molecule has 3 aliphatic rings. The molecule has 0 aliphatic carbocycles. The number of nitrogens with zero attached hydrogens (tertiary/aromatic N) is 2. The Kier molecular flexibility index (Phi) is 3.51. The standard InChI is InChI=1S/C18H23N3O2/c1-12-5-2-3-9-20(12)18(23)13-7-8-15-14(11-13)19-17(22)16-6-4-10-21(15)16/h7-8,11-12,16H,2-6,9-10H2,1H3,(H,19,22)/t12-,16-/m0/s1. The second-order valence-electron chi connectivity index (χ2n) is 6.92. The van der Waals surface area contributed by atoms with Crippen molar-refractivity contribution in [1.29, 1.82) is 0 Å². The van der Waals surface area contributed by atoms with Crippen LogP contribution in [0.15, 0.2) is 18.2 Å². The van der Waals surface area contributed by atoms with Crippen LogP contribution in [-0.4, -0.2) is 41.9 Å². The smallest absolute Gasteiger partial charge is 0.254 e. The van der Waals surface area contributed by atoms with Crippen LogP contribution in [-0.2, 0) is 4.79 Å². The molecule has 0 unspecified atom stereocenters. The summed E-state index contributed by atoms with van der Waals surface area (Å²) in [5, 5.41) is 2.99.